The van der Waals surface area contributed by atoms with Gasteiger partial charge < -0.3 is 24.7 Å². The maximum atomic E-state index is 13.6. The average molecular weight is 560 g/mol. The molecule has 15 heteroatoms. The van der Waals surface area contributed by atoms with Crippen molar-refractivity contribution in [1.82, 2.24) is 34.1 Å². The summed E-state index contributed by atoms with van der Waals surface area (Å²) < 4.78 is 55.5. The lowest BCUT2D eigenvalue weighted by molar-refractivity contribution is -0.141. The number of ether oxygens (including phenoxy) is 2. The molecular weight excluding hydrogens is 539 g/mol. The smallest absolute Gasteiger partial charge is 0.433 e. The van der Waals surface area contributed by atoms with Crippen LogP contribution >= 0.6 is 11.6 Å². The first-order valence-corrected chi connectivity index (χ1v) is 12.2. The van der Waals surface area contributed by atoms with Gasteiger partial charge in [0.1, 0.15) is 16.2 Å². The Kier molecular flexibility index (Phi) is 6.14. The first kappa shape index (κ1) is 25.1. The highest BCUT2D eigenvalue weighted by Crippen LogP contribution is 2.38. The maximum Gasteiger partial charge on any atom is 0.433 e. The SMILES string of the molecule is CNc1nccn2ncc(Oc3cnc4nc(Nc5cc([C@@H]6CCOC6)nc(C(F)(F)F)c5)n(C)c4c3Cl)c12. The summed E-state index contributed by atoms with van der Waals surface area (Å²) in [5.41, 5.74) is 0.802. The van der Waals surface area contributed by atoms with E-state index in [0.717, 1.165) is 6.07 Å². The molecule has 0 aromatic carbocycles. The van der Waals surface area contributed by atoms with E-state index in [1.165, 1.54) is 12.4 Å². The molecule has 0 unspecified atom stereocenters. The fourth-order valence-corrected chi connectivity index (χ4v) is 4.76. The number of hydrogen-bond acceptors (Lipinski definition) is 9. The third-order valence-corrected chi connectivity index (χ3v) is 6.76. The Morgan fingerprint density at radius 2 is 1.97 bits per heavy atom. The molecule has 1 atom stereocenters. The van der Waals surface area contributed by atoms with Gasteiger partial charge in [0.15, 0.2) is 28.5 Å². The van der Waals surface area contributed by atoms with E-state index < -0.39 is 11.9 Å². The molecule has 202 valence electrons. The van der Waals surface area contributed by atoms with Gasteiger partial charge in [-0.3, -0.25) is 0 Å². The van der Waals surface area contributed by atoms with Crippen molar-refractivity contribution in [3.05, 3.63) is 53.3 Å². The van der Waals surface area contributed by atoms with Crippen LogP contribution in [0.5, 0.6) is 11.5 Å². The number of hydrogen-bond donors (Lipinski definition) is 2. The fraction of sp³-hybridized carbons (Fsp3) is 0.292. The molecule has 6 heterocycles. The number of aryl methyl sites for hydroxylation is 1. The number of imidazole rings is 1. The van der Waals surface area contributed by atoms with Crippen LogP contribution in [0.4, 0.5) is 30.6 Å². The van der Waals surface area contributed by atoms with E-state index in [-0.39, 0.29) is 34.0 Å². The molecule has 11 nitrogen and oxygen atoms in total. The maximum absolute atomic E-state index is 13.6. The lowest BCUT2D eigenvalue weighted by atomic mass is 10.0. The average Bonchev–Trinajstić information content (AvgIpc) is 3.65. The Morgan fingerprint density at radius 1 is 1.13 bits per heavy atom. The molecule has 2 N–H and O–H groups in total. The van der Waals surface area contributed by atoms with E-state index in [9.17, 15) is 13.2 Å². The highest BCUT2D eigenvalue weighted by atomic mass is 35.5. The molecule has 0 saturated carbocycles. The molecule has 1 aliphatic heterocycles. The molecular formula is C24H21ClF3N9O2. The van der Waals surface area contributed by atoms with Crippen molar-refractivity contribution >= 4 is 45.7 Å². The van der Waals surface area contributed by atoms with Gasteiger partial charge in [0, 0.05) is 50.4 Å². The molecule has 5 aromatic heterocycles. The van der Waals surface area contributed by atoms with Gasteiger partial charge in [-0.1, -0.05) is 11.6 Å². The lowest BCUT2D eigenvalue weighted by Crippen LogP contribution is -2.13. The zero-order valence-corrected chi connectivity index (χ0v) is 21.4. The van der Waals surface area contributed by atoms with E-state index in [2.05, 4.69) is 35.7 Å². The van der Waals surface area contributed by atoms with Crippen molar-refractivity contribution in [3.8, 4) is 11.5 Å². The Labute approximate surface area is 224 Å². The lowest BCUT2D eigenvalue weighted by Gasteiger charge is -2.15. The summed E-state index contributed by atoms with van der Waals surface area (Å²) in [6.45, 7) is 0.799. The van der Waals surface area contributed by atoms with E-state index >= 15 is 0 Å². The number of alkyl halides is 3. The fourth-order valence-electron chi connectivity index (χ4n) is 4.46. The van der Waals surface area contributed by atoms with E-state index in [1.807, 2.05) is 0 Å². The summed E-state index contributed by atoms with van der Waals surface area (Å²) >= 11 is 6.72. The van der Waals surface area contributed by atoms with Crippen LogP contribution in [0.1, 0.15) is 23.7 Å². The molecule has 39 heavy (non-hydrogen) atoms. The number of rotatable bonds is 6. The van der Waals surface area contributed by atoms with Gasteiger partial charge in [-0.2, -0.15) is 23.3 Å². The predicted octanol–water partition coefficient (Wildman–Crippen LogP) is 5.16. The predicted molar refractivity (Wildman–Crippen MR) is 137 cm³/mol. The quantitative estimate of drug-likeness (QED) is 0.291. The standard InChI is InChI=1S/C24H21ClF3N9O2/c1-29-21-19-16(10-32-37(19)5-4-30-21)39-15-9-31-22-20(18(15)25)36(2)23(35-22)33-13-7-14(12-3-6-38-11-12)34-17(8-13)24(26,27)28/h4-5,7-10,12H,3,6,11H2,1-2H3,(H,29,30)(H,31,33,34,35)/t12-/m1/s1. The number of nitrogens with one attached hydrogen (secondary N) is 2. The van der Waals surface area contributed by atoms with Crippen molar-refractivity contribution in [2.24, 2.45) is 7.05 Å². The largest absolute Gasteiger partial charge is 0.450 e. The van der Waals surface area contributed by atoms with Crippen molar-refractivity contribution in [2.75, 3.05) is 30.9 Å². The molecule has 0 aliphatic carbocycles. The first-order valence-electron chi connectivity index (χ1n) is 11.9. The van der Waals surface area contributed by atoms with E-state index in [4.69, 9.17) is 21.1 Å². The Balaban J connectivity index is 1.36. The second-order valence-corrected chi connectivity index (χ2v) is 9.26. The van der Waals surface area contributed by atoms with Crippen LogP contribution in [-0.2, 0) is 18.0 Å². The van der Waals surface area contributed by atoms with Crippen molar-refractivity contribution in [1.29, 1.82) is 0 Å². The van der Waals surface area contributed by atoms with Gasteiger partial charge >= 0.3 is 6.18 Å². The molecule has 0 radical (unpaired) electrons. The minimum atomic E-state index is -4.61. The number of halogens is 4. The summed E-state index contributed by atoms with van der Waals surface area (Å²) in [6, 6.07) is 2.52. The molecule has 1 aliphatic rings. The summed E-state index contributed by atoms with van der Waals surface area (Å²) in [5.74, 6) is 1.22. The highest BCUT2D eigenvalue weighted by molar-refractivity contribution is 6.36. The molecule has 0 amide bonds. The zero-order chi connectivity index (χ0) is 27.3. The van der Waals surface area contributed by atoms with Gasteiger partial charge in [-0.15, -0.1) is 0 Å². The number of anilines is 3. The third kappa shape index (κ3) is 4.55. The number of aromatic nitrogens is 7. The molecule has 1 fully saturated rings. The first-order chi connectivity index (χ1) is 18.7. The van der Waals surface area contributed by atoms with Crippen LogP contribution < -0.4 is 15.4 Å². The minimum Gasteiger partial charge on any atom is -0.450 e. The molecule has 0 spiro atoms. The van der Waals surface area contributed by atoms with E-state index in [0.29, 0.717) is 47.9 Å². The Bertz CT molecular complexity index is 1700. The molecule has 5 aromatic rings. The van der Waals surface area contributed by atoms with Crippen molar-refractivity contribution in [3.63, 3.8) is 0 Å². The summed E-state index contributed by atoms with van der Waals surface area (Å²) in [6.07, 6.45) is 2.22. The minimum absolute atomic E-state index is 0.184. The topological polar surface area (TPSA) is 116 Å². The molecule has 6 rings (SSSR count). The molecule has 0 bridgehead atoms. The number of fused-ring (bicyclic) bond motifs is 2. The Hall–Kier alpha value is -4.17. The second-order valence-electron chi connectivity index (χ2n) is 8.88. The zero-order valence-electron chi connectivity index (χ0n) is 20.6. The van der Waals surface area contributed by atoms with Crippen LogP contribution in [0, 0.1) is 0 Å². The Morgan fingerprint density at radius 3 is 2.72 bits per heavy atom. The van der Waals surface area contributed by atoms with Gasteiger partial charge in [0.2, 0.25) is 5.95 Å². The van der Waals surface area contributed by atoms with Crippen molar-refractivity contribution < 1.29 is 22.6 Å². The van der Waals surface area contributed by atoms with Crippen molar-refractivity contribution in [2.45, 2.75) is 18.5 Å². The van der Waals surface area contributed by atoms with Crippen LogP contribution in [0.25, 0.3) is 16.7 Å². The normalized spacial score (nSPS) is 15.8. The number of pyridine rings is 2. The van der Waals surface area contributed by atoms with Gasteiger partial charge in [-0.05, 0) is 18.6 Å². The number of nitrogens with zero attached hydrogens (tertiary/aromatic N) is 7. The van der Waals surface area contributed by atoms with Gasteiger partial charge in [0.25, 0.3) is 0 Å². The van der Waals surface area contributed by atoms with Gasteiger partial charge in [-0.25, -0.2) is 19.5 Å². The molecule has 1 saturated heterocycles. The van der Waals surface area contributed by atoms with Crippen LogP contribution in [-0.4, -0.2) is 54.4 Å². The van der Waals surface area contributed by atoms with Crippen LogP contribution in [0.3, 0.4) is 0 Å². The third-order valence-electron chi connectivity index (χ3n) is 6.40. The summed E-state index contributed by atoms with van der Waals surface area (Å²) in [5, 5.41) is 10.4. The highest BCUT2D eigenvalue weighted by Gasteiger charge is 2.34. The monoisotopic (exact) mass is 559 g/mol. The summed E-state index contributed by atoms with van der Waals surface area (Å²) in [7, 11) is 3.40. The van der Waals surface area contributed by atoms with E-state index in [1.54, 1.807) is 41.6 Å². The summed E-state index contributed by atoms with van der Waals surface area (Å²) in [4.78, 5) is 16.9. The van der Waals surface area contributed by atoms with Crippen LogP contribution in [0.2, 0.25) is 5.02 Å². The van der Waals surface area contributed by atoms with Gasteiger partial charge in [0.05, 0.1) is 19.0 Å². The van der Waals surface area contributed by atoms with Crippen LogP contribution in [0.15, 0.2) is 36.9 Å². The second kappa shape index (κ2) is 9.54.